The molecule has 0 spiro atoms. The van der Waals surface area contributed by atoms with Gasteiger partial charge in [0.25, 0.3) is 0 Å². The Morgan fingerprint density at radius 3 is 2.43 bits per heavy atom. The van der Waals surface area contributed by atoms with Crippen molar-refractivity contribution in [1.29, 1.82) is 5.26 Å². The fourth-order valence-electron chi connectivity index (χ4n) is 2.62. The Hall–Kier alpha value is -3.32. The number of nitriles is 1. The molecule has 0 aromatic heterocycles. The lowest BCUT2D eigenvalue weighted by Crippen LogP contribution is -2.01. The van der Waals surface area contributed by atoms with Gasteiger partial charge in [-0.05, 0) is 29.3 Å². The van der Waals surface area contributed by atoms with Crippen molar-refractivity contribution in [3.8, 4) is 11.8 Å². The second-order valence-electron chi connectivity index (χ2n) is 5.01. The molecule has 0 saturated carbocycles. The smallest absolute Gasteiger partial charge is 0.128 e. The Morgan fingerprint density at radius 2 is 1.78 bits per heavy atom. The van der Waals surface area contributed by atoms with E-state index in [-0.39, 0.29) is 5.71 Å². The topological polar surface area (TPSA) is 65.6 Å². The highest BCUT2D eigenvalue weighted by molar-refractivity contribution is 6.40. The molecule has 4 nitrogen and oxygen atoms in total. The van der Waals surface area contributed by atoms with Crippen molar-refractivity contribution >= 4 is 16.9 Å². The molecule has 0 amide bonds. The average Bonchev–Trinajstić information content (AvgIpc) is 3.01. The Morgan fingerprint density at radius 1 is 1.04 bits per heavy atom. The normalized spacial score (nSPS) is 15.5. The molecule has 0 aliphatic heterocycles. The standard InChI is InChI=1S/C19H14N2O2/c1-23-15-9-5-8-14(10-15)16-11-17(13-6-3-2-4-7-13)19(21-22)18(16)12-20/h2-11,22H,1H3/b21-19-. The van der Waals surface area contributed by atoms with Crippen LogP contribution in [0.1, 0.15) is 11.1 Å². The van der Waals surface area contributed by atoms with Crippen molar-refractivity contribution in [1.82, 2.24) is 0 Å². The van der Waals surface area contributed by atoms with Gasteiger partial charge in [-0.3, -0.25) is 0 Å². The number of methoxy groups -OCH3 is 1. The van der Waals surface area contributed by atoms with E-state index in [9.17, 15) is 10.5 Å². The molecule has 0 radical (unpaired) electrons. The minimum absolute atomic E-state index is 0.288. The van der Waals surface area contributed by atoms with Crippen LogP contribution in [0.5, 0.6) is 5.75 Å². The molecule has 0 unspecified atom stereocenters. The van der Waals surface area contributed by atoms with Gasteiger partial charge >= 0.3 is 0 Å². The van der Waals surface area contributed by atoms with Gasteiger partial charge in [-0.2, -0.15) is 5.26 Å². The van der Waals surface area contributed by atoms with Gasteiger partial charge in [-0.1, -0.05) is 47.6 Å². The van der Waals surface area contributed by atoms with Crippen molar-refractivity contribution in [3.63, 3.8) is 0 Å². The second-order valence-corrected chi connectivity index (χ2v) is 5.01. The first-order chi connectivity index (χ1) is 11.3. The van der Waals surface area contributed by atoms with E-state index in [2.05, 4.69) is 11.2 Å². The molecule has 4 heteroatoms. The van der Waals surface area contributed by atoms with Crippen LogP contribution in [0, 0.1) is 11.3 Å². The van der Waals surface area contributed by atoms with Crippen LogP contribution >= 0.6 is 0 Å². The summed E-state index contributed by atoms with van der Waals surface area (Å²) >= 11 is 0. The molecule has 1 aliphatic rings. The number of benzene rings is 2. The van der Waals surface area contributed by atoms with Gasteiger partial charge in [0.15, 0.2) is 0 Å². The zero-order chi connectivity index (χ0) is 16.2. The van der Waals surface area contributed by atoms with Crippen LogP contribution in [0.25, 0.3) is 11.1 Å². The van der Waals surface area contributed by atoms with Crippen LogP contribution in [0.2, 0.25) is 0 Å². The number of nitrogens with zero attached hydrogens (tertiary/aromatic N) is 2. The average molecular weight is 302 g/mol. The molecule has 1 aliphatic carbocycles. The molecule has 0 fully saturated rings. The lowest BCUT2D eigenvalue weighted by atomic mass is 10.0. The highest BCUT2D eigenvalue weighted by Gasteiger charge is 2.26. The second kappa shape index (κ2) is 6.20. The summed E-state index contributed by atoms with van der Waals surface area (Å²) < 4.78 is 5.24. The maximum absolute atomic E-state index is 9.53. The van der Waals surface area contributed by atoms with Crippen molar-refractivity contribution in [2.75, 3.05) is 7.11 Å². The lowest BCUT2D eigenvalue weighted by Gasteiger charge is -2.04. The summed E-state index contributed by atoms with van der Waals surface area (Å²) in [6.07, 6.45) is 1.87. The molecule has 0 bridgehead atoms. The summed E-state index contributed by atoms with van der Waals surface area (Å²) in [6.45, 7) is 0. The lowest BCUT2D eigenvalue weighted by molar-refractivity contribution is 0.320. The molecule has 0 atom stereocenters. The molecule has 112 valence electrons. The van der Waals surface area contributed by atoms with Gasteiger partial charge in [0, 0.05) is 11.1 Å². The van der Waals surface area contributed by atoms with Crippen molar-refractivity contribution in [3.05, 3.63) is 77.4 Å². The number of oxime groups is 1. The zero-order valence-electron chi connectivity index (χ0n) is 12.5. The Balaban J connectivity index is 2.16. The summed E-state index contributed by atoms with van der Waals surface area (Å²) in [5.74, 6) is 0.705. The SMILES string of the molecule is COc1cccc(C2=C(C#N)/C(=N\O)C(c3ccccc3)=C2)c1. The minimum atomic E-state index is 0.288. The van der Waals surface area contributed by atoms with Crippen LogP contribution in [-0.4, -0.2) is 18.0 Å². The number of rotatable bonds is 3. The summed E-state index contributed by atoms with van der Waals surface area (Å²) in [7, 11) is 1.60. The van der Waals surface area contributed by atoms with E-state index in [1.165, 1.54) is 0 Å². The van der Waals surface area contributed by atoms with Crippen LogP contribution in [0.15, 0.2) is 71.4 Å². The molecular weight excluding hydrogens is 288 g/mol. The first-order valence-corrected chi connectivity index (χ1v) is 7.07. The molecule has 23 heavy (non-hydrogen) atoms. The predicted octanol–water partition coefficient (Wildman–Crippen LogP) is 3.90. The minimum Gasteiger partial charge on any atom is -0.497 e. The summed E-state index contributed by atoms with van der Waals surface area (Å²) in [5, 5.41) is 22.3. The van der Waals surface area contributed by atoms with Crippen molar-refractivity contribution in [2.45, 2.75) is 0 Å². The largest absolute Gasteiger partial charge is 0.497 e. The monoisotopic (exact) mass is 302 g/mol. The van der Waals surface area contributed by atoms with Gasteiger partial charge in [0.05, 0.1) is 12.7 Å². The Labute approximate surface area is 134 Å². The van der Waals surface area contributed by atoms with Crippen LogP contribution < -0.4 is 4.74 Å². The molecule has 0 saturated heterocycles. The summed E-state index contributed by atoms with van der Waals surface area (Å²) in [6, 6.07) is 19.2. The van der Waals surface area contributed by atoms with Crippen molar-refractivity contribution < 1.29 is 9.94 Å². The third-order valence-electron chi connectivity index (χ3n) is 3.73. The van der Waals surface area contributed by atoms with Gasteiger partial charge in [-0.25, -0.2) is 0 Å². The Bertz CT molecular complexity index is 872. The van der Waals surface area contributed by atoms with E-state index in [4.69, 9.17) is 4.74 Å². The molecule has 2 aromatic rings. The van der Waals surface area contributed by atoms with Crippen molar-refractivity contribution in [2.24, 2.45) is 5.16 Å². The maximum atomic E-state index is 9.53. The highest BCUT2D eigenvalue weighted by Crippen LogP contribution is 2.36. The number of hydrogen-bond donors (Lipinski definition) is 1. The molecule has 1 N–H and O–H groups in total. The summed E-state index contributed by atoms with van der Waals surface area (Å²) in [5.41, 5.74) is 3.82. The van der Waals surface area contributed by atoms with E-state index < -0.39 is 0 Å². The molecule has 0 heterocycles. The Kier molecular flexibility index (Phi) is 3.94. The third kappa shape index (κ3) is 2.60. The van der Waals surface area contributed by atoms with E-state index in [1.54, 1.807) is 7.11 Å². The zero-order valence-corrected chi connectivity index (χ0v) is 12.5. The third-order valence-corrected chi connectivity index (χ3v) is 3.73. The summed E-state index contributed by atoms with van der Waals surface area (Å²) in [4.78, 5) is 0. The van der Waals surface area contributed by atoms with E-state index >= 15 is 0 Å². The van der Waals surface area contributed by atoms with Gasteiger partial charge < -0.3 is 9.94 Å². The predicted molar refractivity (Wildman–Crippen MR) is 89.2 cm³/mol. The van der Waals surface area contributed by atoms with Crippen LogP contribution in [0.4, 0.5) is 0 Å². The van der Waals surface area contributed by atoms with Gasteiger partial charge in [0.1, 0.15) is 17.5 Å². The van der Waals surface area contributed by atoms with E-state index in [0.717, 1.165) is 22.3 Å². The first kappa shape index (κ1) is 14.6. The molecule has 3 rings (SSSR count). The molecular formula is C19H14N2O2. The fourth-order valence-corrected chi connectivity index (χ4v) is 2.62. The number of allylic oxidation sites excluding steroid dienone is 4. The fraction of sp³-hybridized carbons (Fsp3) is 0.0526. The first-order valence-electron chi connectivity index (χ1n) is 7.07. The quantitative estimate of drug-likeness (QED) is 0.690. The number of ether oxygens (including phenoxy) is 1. The maximum Gasteiger partial charge on any atom is 0.128 e. The van der Waals surface area contributed by atoms with E-state index in [0.29, 0.717) is 11.3 Å². The van der Waals surface area contributed by atoms with Crippen LogP contribution in [-0.2, 0) is 0 Å². The van der Waals surface area contributed by atoms with Gasteiger partial charge in [0.2, 0.25) is 0 Å². The molecule has 2 aromatic carbocycles. The van der Waals surface area contributed by atoms with Crippen LogP contribution in [0.3, 0.4) is 0 Å². The number of hydrogen-bond acceptors (Lipinski definition) is 4. The van der Waals surface area contributed by atoms with Gasteiger partial charge in [-0.15, -0.1) is 0 Å². The van der Waals surface area contributed by atoms with E-state index in [1.807, 2.05) is 60.7 Å². The highest BCUT2D eigenvalue weighted by atomic mass is 16.5.